The highest BCUT2D eigenvalue weighted by Crippen LogP contribution is 2.48. The van der Waals surface area contributed by atoms with Crippen molar-refractivity contribution in [3.8, 4) is 28.7 Å². The van der Waals surface area contributed by atoms with Crippen LogP contribution in [0.2, 0.25) is 0 Å². The van der Waals surface area contributed by atoms with E-state index in [1.165, 1.54) is 7.11 Å². The van der Waals surface area contributed by atoms with Crippen molar-refractivity contribution in [3.63, 3.8) is 0 Å². The molecule has 4 rings (SSSR count). The highest BCUT2D eigenvalue weighted by molar-refractivity contribution is 5.88. The minimum Gasteiger partial charge on any atom is -0.504 e. The van der Waals surface area contributed by atoms with Crippen LogP contribution in [0.1, 0.15) is 22.3 Å². The molecule has 6 nitrogen and oxygen atoms in total. The Morgan fingerprint density at radius 2 is 1.63 bits per heavy atom. The molecule has 1 N–H and O–H groups in total. The van der Waals surface area contributed by atoms with Gasteiger partial charge in [-0.25, -0.2) is 0 Å². The zero-order chi connectivity index (χ0) is 19.1. The van der Waals surface area contributed by atoms with Gasteiger partial charge in [0.2, 0.25) is 5.75 Å². The lowest BCUT2D eigenvalue weighted by molar-refractivity contribution is 0.321. The average molecular weight is 369 g/mol. The van der Waals surface area contributed by atoms with Gasteiger partial charge in [-0.05, 0) is 30.2 Å². The van der Waals surface area contributed by atoms with E-state index in [0.29, 0.717) is 11.5 Å². The molecule has 0 spiro atoms. The van der Waals surface area contributed by atoms with Crippen molar-refractivity contribution in [2.75, 3.05) is 35.0 Å². The third-order valence-electron chi connectivity index (χ3n) is 5.32. The highest BCUT2D eigenvalue weighted by Gasteiger charge is 2.31. The molecule has 0 aliphatic carbocycles. The fraction of sp³-hybridized carbons (Fsp3) is 0.333. The summed E-state index contributed by atoms with van der Waals surface area (Å²) in [7, 11) is 6.42. The maximum absolute atomic E-state index is 10.7. The number of phenolic OH excluding ortho intramolecular Hbond substituents is 1. The number of rotatable bonds is 4. The van der Waals surface area contributed by atoms with Gasteiger partial charge in [0.15, 0.2) is 23.0 Å². The summed E-state index contributed by atoms with van der Waals surface area (Å²) >= 11 is 0. The second-order valence-corrected chi connectivity index (χ2v) is 6.56. The highest BCUT2D eigenvalue weighted by atomic mass is 16.5. The molecule has 2 aromatic carbocycles. The van der Waals surface area contributed by atoms with Gasteiger partial charge in [0, 0.05) is 35.5 Å². The molecule has 0 radical (unpaired) electrons. The number of hydrogen-bond donors (Lipinski definition) is 1. The second-order valence-electron chi connectivity index (χ2n) is 6.56. The summed E-state index contributed by atoms with van der Waals surface area (Å²) in [6.45, 7) is 1.51. The largest absolute Gasteiger partial charge is 0.504 e. The van der Waals surface area contributed by atoms with Gasteiger partial charge in [0.25, 0.3) is 0 Å². The van der Waals surface area contributed by atoms with Crippen LogP contribution in [0.15, 0.2) is 18.2 Å². The standard InChI is InChI=1S/C21H23NO5/c1-24-17-6-5-12-9-16-14-10-18(25-2)21(27-4)19(23)13(14)7-8-22(16)11-15(12)20(17)26-3/h5-6,9-10,23H,7-8,11H2,1-4H3. The Kier molecular flexibility index (Phi) is 4.26. The summed E-state index contributed by atoms with van der Waals surface area (Å²) < 4.78 is 21.8. The van der Waals surface area contributed by atoms with Crippen molar-refractivity contribution in [1.82, 2.24) is 4.90 Å². The number of phenols is 1. The molecule has 142 valence electrons. The number of benzene rings is 2. The van der Waals surface area contributed by atoms with Crippen LogP contribution in [0, 0.1) is 0 Å². The van der Waals surface area contributed by atoms with Crippen LogP contribution in [0.25, 0.3) is 11.8 Å². The lowest BCUT2D eigenvalue weighted by atomic mass is 9.89. The quantitative estimate of drug-likeness (QED) is 0.892. The van der Waals surface area contributed by atoms with Crippen molar-refractivity contribution in [3.05, 3.63) is 40.5 Å². The number of ether oxygens (including phenoxy) is 4. The fourth-order valence-electron chi connectivity index (χ4n) is 4.01. The summed E-state index contributed by atoms with van der Waals surface area (Å²) in [4.78, 5) is 2.29. The van der Waals surface area contributed by atoms with Crippen LogP contribution >= 0.6 is 0 Å². The summed E-state index contributed by atoms with van der Waals surface area (Å²) in [5.74, 6) is 2.56. The van der Waals surface area contributed by atoms with Crippen molar-refractivity contribution in [1.29, 1.82) is 0 Å². The van der Waals surface area contributed by atoms with Crippen molar-refractivity contribution in [2.24, 2.45) is 0 Å². The Labute approximate surface area is 158 Å². The van der Waals surface area contributed by atoms with Crippen LogP contribution < -0.4 is 18.9 Å². The third kappa shape index (κ3) is 2.55. The van der Waals surface area contributed by atoms with Gasteiger partial charge in [-0.3, -0.25) is 0 Å². The molecule has 6 heteroatoms. The molecule has 2 heterocycles. The molecule has 2 aliphatic heterocycles. The van der Waals surface area contributed by atoms with E-state index in [0.717, 1.165) is 59.0 Å². The minimum absolute atomic E-state index is 0.158. The first kappa shape index (κ1) is 17.4. The zero-order valence-corrected chi connectivity index (χ0v) is 16.0. The van der Waals surface area contributed by atoms with Gasteiger partial charge in [0.1, 0.15) is 0 Å². The van der Waals surface area contributed by atoms with Crippen LogP contribution in [-0.2, 0) is 13.0 Å². The number of methoxy groups -OCH3 is 4. The Morgan fingerprint density at radius 1 is 0.889 bits per heavy atom. The first-order chi connectivity index (χ1) is 13.1. The molecule has 0 fully saturated rings. The van der Waals surface area contributed by atoms with E-state index in [1.54, 1.807) is 21.3 Å². The van der Waals surface area contributed by atoms with Gasteiger partial charge in [0.05, 0.1) is 28.4 Å². The molecule has 0 bridgehead atoms. The first-order valence-corrected chi connectivity index (χ1v) is 8.80. The van der Waals surface area contributed by atoms with E-state index in [9.17, 15) is 5.11 Å². The summed E-state index contributed by atoms with van der Waals surface area (Å²) in [6, 6.07) is 5.90. The molecule has 0 amide bonds. The molecule has 0 saturated carbocycles. The Hall–Kier alpha value is -3.02. The molecule has 2 aromatic rings. The van der Waals surface area contributed by atoms with Gasteiger partial charge in [-0.15, -0.1) is 0 Å². The number of fused-ring (bicyclic) bond motifs is 4. The van der Waals surface area contributed by atoms with E-state index in [-0.39, 0.29) is 5.75 Å². The van der Waals surface area contributed by atoms with E-state index >= 15 is 0 Å². The van der Waals surface area contributed by atoms with Gasteiger partial charge >= 0.3 is 0 Å². The first-order valence-electron chi connectivity index (χ1n) is 8.80. The lowest BCUT2D eigenvalue weighted by Crippen LogP contribution is -2.31. The van der Waals surface area contributed by atoms with Gasteiger partial charge < -0.3 is 29.0 Å². The van der Waals surface area contributed by atoms with Crippen molar-refractivity contribution >= 4 is 11.8 Å². The molecule has 27 heavy (non-hydrogen) atoms. The van der Waals surface area contributed by atoms with Crippen molar-refractivity contribution < 1.29 is 24.1 Å². The molecular weight excluding hydrogens is 346 g/mol. The smallest absolute Gasteiger partial charge is 0.203 e. The van der Waals surface area contributed by atoms with Crippen molar-refractivity contribution in [2.45, 2.75) is 13.0 Å². The SMILES string of the molecule is COc1cc2c(c(O)c1OC)CCN1Cc3c(ccc(OC)c3OC)C=C21. The molecule has 0 atom stereocenters. The molecule has 0 saturated heterocycles. The maximum atomic E-state index is 10.7. The molecule has 2 aliphatic rings. The number of nitrogens with zero attached hydrogens (tertiary/aromatic N) is 1. The fourth-order valence-corrected chi connectivity index (χ4v) is 4.01. The normalized spacial score (nSPS) is 14.5. The van der Waals surface area contributed by atoms with E-state index in [1.807, 2.05) is 18.2 Å². The molecule has 0 unspecified atom stereocenters. The van der Waals surface area contributed by atoms with E-state index < -0.39 is 0 Å². The topological polar surface area (TPSA) is 60.4 Å². The summed E-state index contributed by atoms with van der Waals surface area (Å²) in [6.07, 6.45) is 2.85. The Bertz CT molecular complexity index is 935. The van der Waals surface area contributed by atoms with E-state index in [2.05, 4.69) is 11.0 Å². The second kappa shape index (κ2) is 6.61. The Balaban J connectivity index is 1.90. The van der Waals surface area contributed by atoms with Crippen LogP contribution in [0.4, 0.5) is 0 Å². The third-order valence-corrected chi connectivity index (χ3v) is 5.32. The molecular formula is C21H23NO5. The number of hydrogen-bond acceptors (Lipinski definition) is 6. The predicted octanol–water partition coefficient (Wildman–Crippen LogP) is 3.30. The Morgan fingerprint density at radius 3 is 2.30 bits per heavy atom. The summed E-state index contributed by atoms with van der Waals surface area (Å²) in [5, 5.41) is 10.7. The van der Waals surface area contributed by atoms with E-state index in [4.69, 9.17) is 18.9 Å². The lowest BCUT2D eigenvalue weighted by Gasteiger charge is -2.37. The maximum Gasteiger partial charge on any atom is 0.203 e. The van der Waals surface area contributed by atoms with Gasteiger partial charge in [-0.2, -0.15) is 0 Å². The zero-order valence-electron chi connectivity index (χ0n) is 16.0. The average Bonchev–Trinajstić information content (AvgIpc) is 2.70. The van der Waals surface area contributed by atoms with Crippen LogP contribution in [0.3, 0.4) is 0 Å². The number of aromatic hydroxyl groups is 1. The summed E-state index contributed by atoms with van der Waals surface area (Å²) in [5.41, 5.74) is 5.11. The van der Waals surface area contributed by atoms with Gasteiger partial charge in [-0.1, -0.05) is 6.07 Å². The predicted molar refractivity (Wildman–Crippen MR) is 103 cm³/mol. The van der Waals surface area contributed by atoms with Crippen LogP contribution in [-0.4, -0.2) is 45.0 Å². The molecule has 0 aromatic heterocycles. The monoisotopic (exact) mass is 369 g/mol. The minimum atomic E-state index is 0.158. The van der Waals surface area contributed by atoms with Crippen LogP contribution in [0.5, 0.6) is 28.7 Å².